The van der Waals surface area contributed by atoms with Crippen LogP contribution in [0, 0.1) is 0 Å². The molecule has 5 heavy (non-hydrogen) atoms. The summed E-state index contributed by atoms with van der Waals surface area (Å²) in [5.41, 5.74) is 0. The van der Waals surface area contributed by atoms with Gasteiger partial charge in [-0.15, -0.1) is 0 Å². The van der Waals surface area contributed by atoms with E-state index in [1.54, 1.807) is 0 Å². The minimum Gasteiger partial charge on any atom is -0.0779 e. The zero-order valence-electron chi connectivity index (χ0n) is 3.24. The fourth-order valence-corrected chi connectivity index (χ4v) is 0.463. The van der Waals surface area contributed by atoms with Crippen LogP contribution in [0.1, 0.15) is 13.3 Å². The van der Waals surface area contributed by atoms with Crippen molar-refractivity contribution in [2.45, 2.75) is 13.3 Å². The smallest absolute Gasteiger partial charge is 0.0229 e. The van der Waals surface area contributed by atoms with Crippen LogP contribution in [0.3, 0.4) is 0 Å². The molecule has 0 aliphatic rings. The molecule has 0 bridgehead atoms. The van der Waals surface area contributed by atoms with Crippen LogP contribution < -0.4 is 0 Å². The van der Waals surface area contributed by atoms with E-state index < -0.39 is 0 Å². The number of allylic oxidation sites excluding steroid dienone is 1. The maximum atomic E-state index is 3.13. The topological polar surface area (TPSA) is 0 Å². The lowest BCUT2D eigenvalue weighted by molar-refractivity contribution is 1.23. The van der Waals surface area contributed by atoms with Crippen molar-refractivity contribution in [2.24, 2.45) is 0 Å². The number of hydrogen-bond donors (Lipinski definition) is 0. The van der Waals surface area contributed by atoms with Gasteiger partial charge in [-0.2, -0.15) is 0 Å². The largest absolute Gasteiger partial charge is 0.0779 e. The standard InChI is InChI=1S/C4H7Br/c1-2-3-4-5/h3-4H,2H2,1H3. The highest BCUT2D eigenvalue weighted by Crippen LogP contribution is 1.83. The van der Waals surface area contributed by atoms with E-state index in [2.05, 4.69) is 22.9 Å². The molecule has 0 aromatic carbocycles. The summed E-state index contributed by atoms with van der Waals surface area (Å²) in [5, 5.41) is 0. The fourth-order valence-electron chi connectivity index (χ4n) is 0.0891. The molecule has 0 saturated heterocycles. The van der Waals surface area contributed by atoms with Gasteiger partial charge in [0.15, 0.2) is 0 Å². The molecular weight excluding hydrogens is 128 g/mol. The van der Waals surface area contributed by atoms with E-state index in [1.165, 1.54) is 0 Å². The second kappa shape index (κ2) is 4.22. The van der Waals surface area contributed by atoms with Gasteiger partial charge in [-0.3, -0.25) is 0 Å². The third-order valence-corrected chi connectivity index (χ3v) is 0.699. The van der Waals surface area contributed by atoms with Gasteiger partial charge in [-0.25, -0.2) is 0 Å². The van der Waals surface area contributed by atoms with E-state index >= 15 is 0 Å². The van der Waals surface area contributed by atoms with Crippen LogP contribution in [-0.2, 0) is 0 Å². The highest BCUT2D eigenvalue weighted by atomic mass is 79.9. The Morgan fingerprint density at radius 3 is 2.40 bits per heavy atom. The number of hydrogen-bond acceptors (Lipinski definition) is 0. The molecule has 0 nitrogen and oxygen atoms in total. The minimum atomic E-state index is 1.12. The lowest BCUT2D eigenvalue weighted by Gasteiger charge is -1.63. The Kier molecular flexibility index (Phi) is 4.41. The van der Waals surface area contributed by atoms with Gasteiger partial charge in [-0.05, 0) is 11.4 Å². The molecule has 0 amide bonds. The maximum Gasteiger partial charge on any atom is -0.0229 e. The molecule has 0 aliphatic heterocycles. The molecule has 0 saturated carbocycles. The molecule has 30 valence electrons. The number of rotatable bonds is 1. The van der Waals surface area contributed by atoms with Crippen LogP contribution >= 0.6 is 15.9 Å². The van der Waals surface area contributed by atoms with Gasteiger partial charge >= 0.3 is 0 Å². The van der Waals surface area contributed by atoms with Crippen LogP contribution in [0.5, 0.6) is 0 Å². The molecule has 0 heterocycles. The van der Waals surface area contributed by atoms with Crippen molar-refractivity contribution in [3.05, 3.63) is 11.1 Å². The molecule has 0 aromatic heterocycles. The van der Waals surface area contributed by atoms with Gasteiger partial charge in [0.05, 0.1) is 0 Å². The van der Waals surface area contributed by atoms with Crippen molar-refractivity contribution in [1.82, 2.24) is 0 Å². The molecule has 0 fully saturated rings. The third kappa shape index (κ3) is 4.22. The summed E-state index contributed by atoms with van der Waals surface area (Å²) in [6, 6.07) is 0. The Balaban J connectivity index is 2.62. The summed E-state index contributed by atoms with van der Waals surface area (Å²) in [6.45, 7) is 2.10. The molecule has 0 radical (unpaired) electrons. The van der Waals surface area contributed by atoms with E-state index in [9.17, 15) is 0 Å². The summed E-state index contributed by atoms with van der Waals surface area (Å²) in [4.78, 5) is 1.87. The molecule has 0 atom stereocenters. The first-order valence-electron chi connectivity index (χ1n) is 1.67. The summed E-state index contributed by atoms with van der Waals surface area (Å²) in [6.07, 6.45) is 3.16. The SMILES string of the molecule is CCC=CBr. The van der Waals surface area contributed by atoms with Crippen molar-refractivity contribution in [1.29, 1.82) is 0 Å². The zero-order chi connectivity index (χ0) is 4.12. The molecule has 0 aromatic rings. The van der Waals surface area contributed by atoms with Gasteiger partial charge < -0.3 is 0 Å². The fraction of sp³-hybridized carbons (Fsp3) is 0.500. The van der Waals surface area contributed by atoms with Crippen molar-refractivity contribution >= 4 is 15.9 Å². The first-order chi connectivity index (χ1) is 2.41. The van der Waals surface area contributed by atoms with E-state index in [0.717, 1.165) is 6.42 Å². The van der Waals surface area contributed by atoms with E-state index in [4.69, 9.17) is 0 Å². The van der Waals surface area contributed by atoms with Crippen LogP contribution in [0.4, 0.5) is 0 Å². The van der Waals surface area contributed by atoms with Crippen LogP contribution in [-0.4, -0.2) is 0 Å². The van der Waals surface area contributed by atoms with Crippen LogP contribution in [0.2, 0.25) is 0 Å². The van der Waals surface area contributed by atoms with Gasteiger partial charge in [0, 0.05) is 0 Å². The quantitative estimate of drug-likeness (QED) is 0.517. The minimum absolute atomic E-state index is 1.12. The first kappa shape index (κ1) is 5.22. The second-order valence-corrected chi connectivity index (χ2v) is 1.30. The Morgan fingerprint density at radius 2 is 2.40 bits per heavy atom. The van der Waals surface area contributed by atoms with Crippen LogP contribution in [0.25, 0.3) is 0 Å². The van der Waals surface area contributed by atoms with Gasteiger partial charge in [0.2, 0.25) is 0 Å². The summed E-state index contributed by atoms with van der Waals surface area (Å²) in [5.74, 6) is 0. The molecule has 0 aliphatic carbocycles. The Labute approximate surface area is 41.0 Å². The highest BCUT2D eigenvalue weighted by molar-refractivity contribution is 9.11. The van der Waals surface area contributed by atoms with Crippen molar-refractivity contribution in [3.8, 4) is 0 Å². The molecule has 0 rings (SSSR count). The highest BCUT2D eigenvalue weighted by Gasteiger charge is 1.53. The van der Waals surface area contributed by atoms with Crippen molar-refractivity contribution in [3.63, 3.8) is 0 Å². The lowest BCUT2D eigenvalue weighted by atomic mass is 10.5. The average molecular weight is 135 g/mol. The Hall–Kier alpha value is 0.220. The van der Waals surface area contributed by atoms with Crippen molar-refractivity contribution in [2.75, 3.05) is 0 Å². The molecule has 0 N–H and O–H groups in total. The number of halogens is 1. The van der Waals surface area contributed by atoms with E-state index in [0.29, 0.717) is 0 Å². The maximum absolute atomic E-state index is 3.13. The Bertz CT molecular complexity index is 30.6. The average Bonchev–Trinajstić information content (AvgIpc) is 1.41. The summed E-state index contributed by atoms with van der Waals surface area (Å²) < 4.78 is 0. The second-order valence-electron chi connectivity index (χ2n) is 0.770. The third-order valence-electron chi connectivity index (χ3n) is 0.325. The normalized spacial score (nSPS) is 10.0. The molecule has 0 spiro atoms. The van der Waals surface area contributed by atoms with Crippen molar-refractivity contribution < 1.29 is 0 Å². The van der Waals surface area contributed by atoms with Gasteiger partial charge in [0.1, 0.15) is 0 Å². The van der Waals surface area contributed by atoms with Gasteiger partial charge in [0.25, 0.3) is 0 Å². The van der Waals surface area contributed by atoms with Gasteiger partial charge in [-0.1, -0.05) is 28.9 Å². The monoisotopic (exact) mass is 134 g/mol. The van der Waals surface area contributed by atoms with E-state index in [-0.39, 0.29) is 0 Å². The summed E-state index contributed by atoms with van der Waals surface area (Å²) >= 11 is 3.13. The summed E-state index contributed by atoms with van der Waals surface area (Å²) in [7, 11) is 0. The zero-order valence-corrected chi connectivity index (χ0v) is 4.83. The van der Waals surface area contributed by atoms with Crippen LogP contribution in [0.15, 0.2) is 11.1 Å². The predicted octanol–water partition coefficient (Wildman–Crippen LogP) is 2.31. The molecular formula is C4H7Br. The van der Waals surface area contributed by atoms with E-state index in [1.807, 2.05) is 11.1 Å². The predicted molar refractivity (Wildman–Crippen MR) is 28.4 cm³/mol. The lowest BCUT2D eigenvalue weighted by Crippen LogP contribution is -1.40. The molecule has 0 unspecified atom stereocenters. The Morgan fingerprint density at radius 1 is 1.80 bits per heavy atom. The first-order valence-corrected chi connectivity index (χ1v) is 2.58. The molecule has 1 heteroatoms.